The highest BCUT2D eigenvalue weighted by Gasteiger charge is 2.77. The highest BCUT2D eigenvalue weighted by molar-refractivity contribution is 5.97. The van der Waals surface area contributed by atoms with Gasteiger partial charge in [-0.05, 0) is 68.4 Å². The minimum atomic E-state index is -4.70. The molecular formula is C44H50F3N3O12. The number of aliphatic hydroxyl groups excluding tert-OH is 1. The second-order valence-corrected chi connectivity index (χ2v) is 17.8. The molecule has 18 heteroatoms. The van der Waals surface area contributed by atoms with E-state index in [1.54, 1.807) is 45.0 Å². The smallest absolute Gasteiger partial charge is 0.422 e. The summed E-state index contributed by atoms with van der Waals surface area (Å²) < 4.78 is 67.5. The van der Waals surface area contributed by atoms with Crippen LogP contribution in [-0.4, -0.2) is 125 Å². The zero-order valence-corrected chi connectivity index (χ0v) is 34.6. The number of nitrogens with one attached hydrogen (secondary N) is 1. The number of hydroxylamine groups is 2. The van der Waals surface area contributed by atoms with Crippen LogP contribution >= 0.6 is 0 Å². The maximum Gasteiger partial charge on any atom is 0.422 e. The number of aliphatic hydroxyl groups is 1. The van der Waals surface area contributed by atoms with Crippen molar-refractivity contribution < 1.29 is 70.8 Å². The molecule has 4 saturated heterocycles. The van der Waals surface area contributed by atoms with Gasteiger partial charge in [-0.1, -0.05) is 48.5 Å². The van der Waals surface area contributed by atoms with Gasteiger partial charge in [0.1, 0.15) is 41.5 Å². The number of fused-ring (bicyclic) bond motifs is 5. The van der Waals surface area contributed by atoms with Crippen LogP contribution in [0.1, 0.15) is 75.1 Å². The average molecular weight is 870 g/mol. The Kier molecular flexibility index (Phi) is 11.8. The number of likely N-dealkylation sites (tertiary alicyclic amines) is 1. The van der Waals surface area contributed by atoms with Gasteiger partial charge in [0.15, 0.2) is 18.4 Å². The summed E-state index contributed by atoms with van der Waals surface area (Å²) in [5, 5.41) is 14.3. The molecule has 15 nitrogen and oxygen atoms in total. The van der Waals surface area contributed by atoms with E-state index in [1.807, 2.05) is 24.3 Å². The minimum absolute atomic E-state index is 0.0104. The van der Waals surface area contributed by atoms with E-state index in [-0.39, 0.29) is 32.4 Å². The Balaban J connectivity index is 1.08. The summed E-state index contributed by atoms with van der Waals surface area (Å²) in [6.45, 7) is 3.05. The van der Waals surface area contributed by atoms with Gasteiger partial charge in [-0.25, -0.2) is 4.79 Å². The van der Waals surface area contributed by atoms with Crippen molar-refractivity contribution in [2.24, 2.45) is 5.41 Å². The molecular weight excluding hydrogens is 819 g/mol. The van der Waals surface area contributed by atoms with Crippen LogP contribution in [0.3, 0.4) is 0 Å². The van der Waals surface area contributed by atoms with E-state index in [0.29, 0.717) is 36.8 Å². The zero-order valence-electron chi connectivity index (χ0n) is 34.6. The number of hydrogen-bond donors (Lipinski definition) is 2. The zero-order chi connectivity index (χ0) is 44.2. The second kappa shape index (κ2) is 16.7. The van der Waals surface area contributed by atoms with Crippen LogP contribution in [-0.2, 0) is 71.9 Å². The molecule has 1 saturated carbocycles. The van der Waals surface area contributed by atoms with Gasteiger partial charge in [0, 0.05) is 38.3 Å². The molecule has 0 radical (unpaired) electrons. The van der Waals surface area contributed by atoms with Gasteiger partial charge in [0.05, 0.1) is 19.2 Å². The van der Waals surface area contributed by atoms with Crippen molar-refractivity contribution in [3.8, 4) is 0 Å². The number of amides is 2. The third kappa shape index (κ3) is 8.59. The normalized spacial score (nSPS) is 29.0. The Morgan fingerprint density at radius 1 is 1.02 bits per heavy atom. The topological polar surface area (TPSA) is 179 Å². The second-order valence-electron chi connectivity index (χ2n) is 17.8. The number of ether oxygens (including phenoxy) is 5. The number of halogens is 3. The van der Waals surface area contributed by atoms with E-state index >= 15 is 4.79 Å². The predicted molar refractivity (Wildman–Crippen MR) is 209 cm³/mol. The maximum atomic E-state index is 15.5. The highest BCUT2D eigenvalue weighted by Crippen LogP contribution is 2.59. The van der Waals surface area contributed by atoms with Crippen LogP contribution in [0.5, 0.6) is 0 Å². The van der Waals surface area contributed by atoms with E-state index in [2.05, 4.69) is 10.1 Å². The number of benzene rings is 2. The Labute approximate surface area is 355 Å². The van der Waals surface area contributed by atoms with Crippen LogP contribution < -0.4 is 5.32 Å². The summed E-state index contributed by atoms with van der Waals surface area (Å²) in [7, 11) is 0. The van der Waals surface area contributed by atoms with E-state index in [1.165, 1.54) is 16.0 Å². The standard InChI is InChI=1S/C44H50F3N3O12/c1-41(2,3)59-33(53)17-15-29(23-51)48-38(54)30-13-8-18-49(30)40(56)43-21-31-34-35(61-42(60-34)19-26-10-5-6-11-27(26)20-42)37(43)62-50(36(43)39(55)58-31)22-28-12-7-4-9-25(28)14-16-32(52)57-24-44(45,46)47/h4-7,9-12,14,16,29-31,34-37,51H,8,13,15,17-24H2,1-3H3,(H,48,54). The van der Waals surface area contributed by atoms with Gasteiger partial charge >= 0.3 is 24.1 Å². The molecule has 6 aliphatic rings. The van der Waals surface area contributed by atoms with E-state index < -0.39 is 108 Å². The molecule has 8 rings (SSSR count). The third-order valence-corrected chi connectivity index (χ3v) is 12.3. The molecule has 2 aromatic rings. The number of alkyl halides is 3. The fraction of sp³-hybridized carbons (Fsp3) is 0.568. The van der Waals surface area contributed by atoms with Gasteiger partial charge in [-0.2, -0.15) is 18.2 Å². The summed E-state index contributed by atoms with van der Waals surface area (Å²) in [5.74, 6) is -4.60. The number of hydrogen-bond acceptors (Lipinski definition) is 13. The lowest BCUT2D eigenvalue weighted by atomic mass is 9.62. The molecule has 4 aliphatic heterocycles. The number of carbonyl (C=O) groups is 5. The molecule has 2 N–H and O–H groups in total. The third-order valence-electron chi connectivity index (χ3n) is 12.3. The molecule has 1 spiro atoms. The van der Waals surface area contributed by atoms with Crippen LogP contribution in [0.2, 0.25) is 0 Å². The number of nitrogens with zero attached hydrogens (tertiary/aromatic N) is 2. The van der Waals surface area contributed by atoms with Gasteiger partial charge < -0.3 is 39.0 Å². The lowest BCUT2D eigenvalue weighted by Crippen LogP contribution is -2.70. The van der Waals surface area contributed by atoms with Crippen molar-refractivity contribution in [3.05, 3.63) is 76.9 Å². The summed E-state index contributed by atoms with van der Waals surface area (Å²) in [4.78, 5) is 76.7. The SMILES string of the molecule is CC(C)(C)OC(=O)CCC(CO)NC(=O)C1CCCN1C(=O)C12CC3OC(=O)C1N(Cc1ccccc1C=CC(=O)OCC(F)(F)F)OC2C1OC2(Cc4ccccc4C2)OC31. The van der Waals surface area contributed by atoms with Crippen LogP contribution in [0, 0.1) is 5.41 Å². The van der Waals surface area contributed by atoms with Crippen molar-refractivity contribution >= 4 is 35.8 Å². The summed E-state index contributed by atoms with van der Waals surface area (Å²) in [5.41, 5.74) is 0.621. The molecule has 2 bridgehead atoms. The van der Waals surface area contributed by atoms with E-state index in [9.17, 15) is 37.5 Å². The first kappa shape index (κ1) is 43.8. The molecule has 8 atom stereocenters. The van der Waals surface area contributed by atoms with Gasteiger partial charge in [-0.15, -0.1) is 0 Å². The summed E-state index contributed by atoms with van der Waals surface area (Å²) >= 11 is 0. The largest absolute Gasteiger partial charge is 0.460 e. The first-order chi connectivity index (χ1) is 29.4. The Hall–Kier alpha value is -4.88. The lowest BCUT2D eigenvalue weighted by Gasteiger charge is -2.50. The molecule has 4 heterocycles. The molecule has 8 unspecified atom stereocenters. The number of rotatable bonds is 12. The minimum Gasteiger partial charge on any atom is -0.460 e. The van der Waals surface area contributed by atoms with Crippen molar-refractivity contribution in [2.75, 3.05) is 19.8 Å². The Morgan fingerprint density at radius 2 is 1.71 bits per heavy atom. The average Bonchev–Trinajstić information content (AvgIpc) is 4.00. The molecule has 334 valence electrons. The molecule has 5 fully saturated rings. The molecule has 2 aliphatic carbocycles. The van der Waals surface area contributed by atoms with Gasteiger partial charge in [-0.3, -0.25) is 24.0 Å². The van der Waals surface area contributed by atoms with Crippen LogP contribution in [0.15, 0.2) is 54.6 Å². The predicted octanol–water partition coefficient (Wildman–Crippen LogP) is 3.47. The van der Waals surface area contributed by atoms with Gasteiger partial charge in [0.2, 0.25) is 11.8 Å². The fourth-order valence-corrected chi connectivity index (χ4v) is 9.85. The Bertz CT molecular complexity index is 2100. The quantitative estimate of drug-likeness (QED) is 0.180. The fourth-order valence-electron chi connectivity index (χ4n) is 9.85. The van der Waals surface area contributed by atoms with Crippen molar-refractivity contribution in [1.82, 2.24) is 15.3 Å². The van der Waals surface area contributed by atoms with Crippen LogP contribution in [0.4, 0.5) is 13.2 Å². The Morgan fingerprint density at radius 3 is 2.40 bits per heavy atom. The van der Waals surface area contributed by atoms with E-state index in [0.717, 1.165) is 17.2 Å². The summed E-state index contributed by atoms with van der Waals surface area (Å²) in [6.07, 6.45) is -4.63. The molecule has 0 aromatic heterocycles. The molecule has 2 amide bonds. The van der Waals surface area contributed by atoms with Crippen molar-refractivity contribution in [3.63, 3.8) is 0 Å². The number of carbonyl (C=O) groups excluding carboxylic acids is 5. The summed E-state index contributed by atoms with van der Waals surface area (Å²) in [6, 6.07) is 11.4. The molecule has 62 heavy (non-hydrogen) atoms. The lowest BCUT2D eigenvalue weighted by molar-refractivity contribution is -0.218. The maximum absolute atomic E-state index is 15.5. The first-order valence-corrected chi connectivity index (χ1v) is 20.9. The van der Waals surface area contributed by atoms with Gasteiger partial charge in [0.25, 0.3) is 0 Å². The monoisotopic (exact) mass is 869 g/mol. The molecule has 2 aromatic carbocycles. The highest BCUT2D eigenvalue weighted by atomic mass is 19.4. The van der Waals surface area contributed by atoms with Crippen molar-refractivity contribution in [2.45, 2.75) is 132 Å². The van der Waals surface area contributed by atoms with E-state index in [4.69, 9.17) is 23.8 Å². The van der Waals surface area contributed by atoms with Crippen LogP contribution in [0.25, 0.3) is 6.08 Å². The number of esters is 3. The first-order valence-electron chi connectivity index (χ1n) is 20.9. The van der Waals surface area contributed by atoms with Crippen molar-refractivity contribution in [1.29, 1.82) is 0 Å².